The summed E-state index contributed by atoms with van der Waals surface area (Å²) in [5.41, 5.74) is 1.52. The highest BCUT2D eigenvalue weighted by atomic mass is 19.1. The van der Waals surface area contributed by atoms with Crippen LogP contribution in [0.25, 0.3) is 0 Å². The van der Waals surface area contributed by atoms with E-state index in [4.69, 9.17) is 0 Å². The van der Waals surface area contributed by atoms with Crippen molar-refractivity contribution in [1.82, 2.24) is 10.3 Å². The molecule has 2 nitrogen and oxygen atoms in total. The summed E-state index contributed by atoms with van der Waals surface area (Å²) >= 11 is 0. The second-order valence-corrected chi connectivity index (χ2v) is 4.06. The van der Waals surface area contributed by atoms with Gasteiger partial charge in [0.05, 0.1) is 0 Å². The molecule has 0 spiro atoms. The number of nitrogens with one attached hydrogen (secondary N) is 1. The second kappa shape index (κ2) is 5.69. The Morgan fingerprint density at radius 1 is 1.17 bits per heavy atom. The molecule has 2 aromatic rings. The molecule has 0 aliphatic carbocycles. The highest BCUT2D eigenvalue weighted by Gasteiger charge is 2.13. The van der Waals surface area contributed by atoms with Crippen molar-refractivity contribution in [2.24, 2.45) is 0 Å². The largest absolute Gasteiger partial charge is 0.313 e. The Labute approximate surface area is 105 Å². The molecule has 1 atom stereocenters. The Morgan fingerprint density at radius 3 is 2.50 bits per heavy atom. The third-order valence-corrected chi connectivity index (χ3v) is 2.90. The van der Waals surface area contributed by atoms with Crippen LogP contribution in [-0.4, -0.2) is 12.0 Å². The number of nitrogens with zero attached hydrogens (tertiary/aromatic N) is 1. The molecule has 18 heavy (non-hydrogen) atoms. The molecule has 0 aliphatic rings. The SMILES string of the molecule is CNC(Cc1ccc(F)cc1F)c1ccncc1. The van der Waals surface area contributed by atoms with E-state index in [1.54, 1.807) is 12.4 Å². The lowest BCUT2D eigenvalue weighted by Crippen LogP contribution is -2.19. The van der Waals surface area contributed by atoms with Crippen molar-refractivity contribution < 1.29 is 8.78 Å². The summed E-state index contributed by atoms with van der Waals surface area (Å²) in [7, 11) is 1.81. The average molecular weight is 248 g/mol. The lowest BCUT2D eigenvalue weighted by Gasteiger charge is -2.16. The van der Waals surface area contributed by atoms with Gasteiger partial charge in [-0.2, -0.15) is 0 Å². The zero-order valence-electron chi connectivity index (χ0n) is 10.0. The Morgan fingerprint density at radius 2 is 1.89 bits per heavy atom. The lowest BCUT2D eigenvalue weighted by atomic mass is 9.99. The van der Waals surface area contributed by atoms with Gasteiger partial charge in [-0.3, -0.25) is 4.98 Å². The number of rotatable bonds is 4. The number of likely N-dealkylation sites (N-methyl/N-ethyl adjacent to an activating group) is 1. The second-order valence-electron chi connectivity index (χ2n) is 4.06. The van der Waals surface area contributed by atoms with Crippen molar-refractivity contribution in [3.63, 3.8) is 0 Å². The van der Waals surface area contributed by atoms with Crippen LogP contribution in [0.3, 0.4) is 0 Å². The van der Waals surface area contributed by atoms with Crippen LogP contribution in [0.4, 0.5) is 8.78 Å². The predicted molar refractivity (Wildman–Crippen MR) is 66.1 cm³/mol. The molecule has 0 bridgehead atoms. The van der Waals surface area contributed by atoms with E-state index in [1.165, 1.54) is 12.1 Å². The van der Waals surface area contributed by atoms with Crippen LogP contribution in [0, 0.1) is 11.6 Å². The smallest absolute Gasteiger partial charge is 0.129 e. The number of hydrogen-bond acceptors (Lipinski definition) is 2. The molecule has 1 aromatic carbocycles. The monoisotopic (exact) mass is 248 g/mol. The van der Waals surface area contributed by atoms with Gasteiger partial charge in [0.2, 0.25) is 0 Å². The van der Waals surface area contributed by atoms with E-state index in [1.807, 2.05) is 19.2 Å². The van der Waals surface area contributed by atoms with Crippen molar-refractivity contribution in [3.05, 3.63) is 65.5 Å². The number of benzene rings is 1. The molecule has 1 aromatic heterocycles. The van der Waals surface area contributed by atoms with Crippen LogP contribution < -0.4 is 5.32 Å². The highest BCUT2D eigenvalue weighted by Crippen LogP contribution is 2.19. The van der Waals surface area contributed by atoms with E-state index >= 15 is 0 Å². The van der Waals surface area contributed by atoms with Crippen LogP contribution >= 0.6 is 0 Å². The lowest BCUT2D eigenvalue weighted by molar-refractivity contribution is 0.540. The normalized spacial score (nSPS) is 12.4. The molecule has 1 unspecified atom stereocenters. The van der Waals surface area contributed by atoms with Crippen molar-refractivity contribution in [3.8, 4) is 0 Å². The van der Waals surface area contributed by atoms with Gasteiger partial charge in [0.1, 0.15) is 11.6 Å². The molecule has 94 valence electrons. The molecule has 0 aliphatic heterocycles. The first-order chi connectivity index (χ1) is 8.70. The third kappa shape index (κ3) is 2.90. The van der Waals surface area contributed by atoms with Gasteiger partial charge < -0.3 is 5.32 Å². The minimum absolute atomic E-state index is 0.0204. The van der Waals surface area contributed by atoms with Crippen molar-refractivity contribution in [1.29, 1.82) is 0 Å². The van der Waals surface area contributed by atoms with E-state index in [-0.39, 0.29) is 6.04 Å². The van der Waals surface area contributed by atoms with Crippen LogP contribution in [0.2, 0.25) is 0 Å². The topological polar surface area (TPSA) is 24.9 Å². The number of aromatic nitrogens is 1. The molecule has 1 heterocycles. The predicted octanol–water partition coefficient (Wildman–Crippen LogP) is 2.86. The number of hydrogen-bond donors (Lipinski definition) is 1. The molecule has 0 saturated heterocycles. The third-order valence-electron chi connectivity index (χ3n) is 2.90. The maximum Gasteiger partial charge on any atom is 0.129 e. The fourth-order valence-electron chi connectivity index (χ4n) is 1.89. The van der Waals surface area contributed by atoms with Gasteiger partial charge >= 0.3 is 0 Å². The maximum atomic E-state index is 13.6. The Kier molecular flexibility index (Phi) is 3.99. The molecular weight excluding hydrogens is 234 g/mol. The van der Waals surface area contributed by atoms with E-state index < -0.39 is 11.6 Å². The summed E-state index contributed by atoms with van der Waals surface area (Å²) in [4.78, 5) is 3.95. The Hall–Kier alpha value is -1.81. The Balaban J connectivity index is 2.21. The summed E-state index contributed by atoms with van der Waals surface area (Å²) in [6.45, 7) is 0. The number of halogens is 2. The van der Waals surface area contributed by atoms with Crippen LogP contribution in [0.5, 0.6) is 0 Å². The zero-order valence-corrected chi connectivity index (χ0v) is 10.0. The average Bonchev–Trinajstić information content (AvgIpc) is 2.39. The van der Waals surface area contributed by atoms with Crippen molar-refractivity contribution in [2.45, 2.75) is 12.5 Å². The first-order valence-electron chi connectivity index (χ1n) is 5.72. The van der Waals surface area contributed by atoms with Gasteiger partial charge in [0.25, 0.3) is 0 Å². The first-order valence-corrected chi connectivity index (χ1v) is 5.72. The molecular formula is C14H14F2N2. The Bertz CT molecular complexity index is 514. The molecule has 0 fully saturated rings. The molecule has 4 heteroatoms. The van der Waals surface area contributed by atoms with Crippen molar-refractivity contribution >= 4 is 0 Å². The molecule has 2 rings (SSSR count). The highest BCUT2D eigenvalue weighted by molar-refractivity contribution is 5.23. The van der Waals surface area contributed by atoms with E-state index in [9.17, 15) is 8.78 Å². The van der Waals surface area contributed by atoms with Gasteiger partial charge in [0.15, 0.2) is 0 Å². The molecule has 0 amide bonds. The van der Waals surface area contributed by atoms with E-state index in [0.717, 1.165) is 11.6 Å². The van der Waals surface area contributed by atoms with Crippen LogP contribution in [0.15, 0.2) is 42.7 Å². The fraction of sp³-hybridized carbons (Fsp3) is 0.214. The van der Waals surface area contributed by atoms with Gasteiger partial charge in [-0.1, -0.05) is 6.07 Å². The van der Waals surface area contributed by atoms with Gasteiger partial charge in [-0.15, -0.1) is 0 Å². The fourth-order valence-corrected chi connectivity index (χ4v) is 1.89. The quantitative estimate of drug-likeness (QED) is 0.900. The van der Waals surface area contributed by atoms with Gasteiger partial charge in [0, 0.05) is 24.5 Å². The standard InChI is InChI=1S/C14H14F2N2/c1-17-14(10-4-6-18-7-5-10)8-11-2-3-12(15)9-13(11)16/h2-7,9,14,17H,8H2,1H3. The number of pyridine rings is 1. The van der Waals surface area contributed by atoms with Gasteiger partial charge in [-0.05, 0) is 42.8 Å². The molecule has 0 saturated carbocycles. The van der Waals surface area contributed by atoms with Crippen molar-refractivity contribution in [2.75, 3.05) is 7.05 Å². The van der Waals surface area contributed by atoms with Crippen LogP contribution in [0.1, 0.15) is 17.2 Å². The van der Waals surface area contributed by atoms with Crippen LogP contribution in [-0.2, 0) is 6.42 Å². The minimum Gasteiger partial charge on any atom is -0.313 e. The maximum absolute atomic E-state index is 13.6. The summed E-state index contributed by atoms with van der Waals surface area (Å²) in [6.07, 6.45) is 3.86. The summed E-state index contributed by atoms with van der Waals surface area (Å²) < 4.78 is 26.4. The summed E-state index contributed by atoms with van der Waals surface area (Å²) in [6, 6.07) is 7.40. The van der Waals surface area contributed by atoms with E-state index in [2.05, 4.69) is 10.3 Å². The minimum atomic E-state index is -0.554. The molecule has 0 radical (unpaired) electrons. The van der Waals surface area contributed by atoms with E-state index in [0.29, 0.717) is 12.0 Å². The molecule has 1 N–H and O–H groups in total. The van der Waals surface area contributed by atoms with Gasteiger partial charge in [-0.25, -0.2) is 8.78 Å². The zero-order chi connectivity index (χ0) is 13.0. The first kappa shape index (κ1) is 12.6. The summed E-state index contributed by atoms with van der Waals surface area (Å²) in [5, 5.41) is 3.12. The summed E-state index contributed by atoms with van der Waals surface area (Å²) in [5.74, 6) is -1.06.